The van der Waals surface area contributed by atoms with Gasteiger partial charge in [-0.1, -0.05) is 48.2 Å². The molecule has 0 saturated carbocycles. The Morgan fingerprint density at radius 3 is 2.84 bits per heavy atom. The van der Waals surface area contributed by atoms with Gasteiger partial charge in [-0.15, -0.1) is 0 Å². The van der Waals surface area contributed by atoms with E-state index in [1.807, 2.05) is 19.1 Å². The highest BCUT2D eigenvalue weighted by Crippen LogP contribution is 2.20. The minimum atomic E-state index is -0.191. The molecule has 3 heteroatoms. The molecule has 0 bridgehead atoms. The predicted molar refractivity (Wildman–Crippen MR) is 77.6 cm³/mol. The normalized spacial score (nSPS) is 9.79. The summed E-state index contributed by atoms with van der Waals surface area (Å²) in [4.78, 5) is 11.0. The zero-order chi connectivity index (χ0) is 13.7. The zero-order valence-corrected chi connectivity index (χ0v) is 10.9. The van der Waals surface area contributed by atoms with Crippen LogP contribution in [-0.4, -0.2) is 19.0 Å². The molecule has 19 heavy (non-hydrogen) atoms. The number of hydrogen-bond acceptors (Lipinski definition) is 2. The average Bonchev–Trinajstić information content (AvgIpc) is 2.45. The van der Waals surface area contributed by atoms with Gasteiger partial charge in [0.15, 0.2) is 0 Å². The number of carbonyl (C=O) groups is 1. The molecule has 0 aliphatic heterocycles. The molecular weight excluding hydrogens is 236 g/mol. The first kappa shape index (κ1) is 13.1. The van der Waals surface area contributed by atoms with Crippen molar-refractivity contribution < 1.29 is 4.79 Å². The van der Waals surface area contributed by atoms with Crippen molar-refractivity contribution in [2.75, 3.05) is 13.1 Å². The monoisotopic (exact) mass is 252 g/mol. The molecule has 2 rings (SSSR count). The molecule has 0 aliphatic rings. The number of benzene rings is 2. The molecule has 0 fully saturated rings. The summed E-state index contributed by atoms with van der Waals surface area (Å²) in [6.45, 7) is 2.35. The van der Waals surface area contributed by atoms with Crippen LogP contribution in [0, 0.1) is 18.8 Å². The molecule has 0 saturated heterocycles. The first-order valence-electron chi connectivity index (χ1n) is 6.16. The Morgan fingerprint density at radius 1 is 1.26 bits per heavy atom. The summed E-state index contributed by atoms with van der Waals surface area (Å²) in [6, 6.07) is 12.3. The van der Waals surface area contributed by atoms with Gasteiger partial charge in [0.05, 0.1) is 13.1 Å². The third-order valence-electron chi connectivity index (χ3n) is 2.91. The lowest BCUT2D eigenvalue weighted by Crippen LogP contribution is -2.30. The number of rotatable bonds is 2. The van der Waals surface area contributed by atoms with E-state index >= 15 is 0 Å². The van der Waals surface area contributed by atoms with E-state index in [2.05, 4.69) is 41.4 Å². The van der Waals surface area contributed by atoms with Crippen LogP contribution in [0.15, 0.2) is 36.4 Å². The number of amides is 1. The van der Waals surface area contributed by atoms with Crippen molar-refractivity contribution in [1.29, 1.82) is 0 Å². The van der Waals surface area contributed by atoms with Crippen molar-refractivity contribution in [2.45, 2.75) is 6.92 Å². The lowest BCUT2D eigenvalue weighted by molar-refractivity contribution is -0.119. The van der Waals surface area contributed by atoms with Gasteiger partial charge in [0, 0.05) is 5.56 Å². The number of fused-ring (bicyclic) bond motifs is 1. The van der Waals surface area contributed by atoms with Crippen LogP contribution in [0.25, 0.3) is 10.8 Å². The summed E-state index contributed by atoms with van der Waals surface area (Å²) in [5.74, 6) is 5.90. The van der Waals surface area contributed by atoms with E-state index < -0.39 is 0 Å². The number of hydrogen-bond donors (Lipinski definition) is 2. The summed E-state index contributed by atoms with van der Waals surface area (Å²) >= 11 is 0. The average molecular weight is 252 g/mol. The third kappa shape index (κ3) is 3.12. The first-order chi connectivity index (χ1) is 9.22. The van der Waals surface area contributed by atoms with Gasteiger partial charge in [0.2, 0.25) is 5.91 Å². The van der Waals surface area contributed by atoms with Gasteiger partial charge in [-0.3, -0.25) is 4.79 Å². The van der Waals surface area contributed by atoms with Crippen LogP contribution in [0.1, 0.15) is 11.1 Å². The van der Waals surface area contributed by atoms with E-state index in [1.165, 1.54) is 5.39 Å². The minimum absolute atomic E-state index is 0.00498. The van der Waals surface area contributed by atoms with Crippen molar-refractivity contribution >= 4 is 16.7 Å². The largest absolute Gasteiger partial charge is 0.344 e. The topological polar surface area (TPSA) is 55.1 Å². The number of nitrogens with one attached hydrogen (secondary N) is 1. The van der Waals surface area contributed by atoms with Crippen LogP contribution in [-0.2, 0) is 4.79 Å². The molecule has 0 atom stereocenters. The maximum Gasteiger partial charge on any atom is 0.234 e. The fourth-order valence-corrected chi connectivity index (χ4v) is 1.89. The van der Waals surface area contributed by atoms with Crippen molar-refractivity contribution in [3.05, 3.63) is 47.5 Å². The molecule has 0 heterocycles. The summed E-state index contributed by atoms with van der Waals surface area (Å²) in [5, 5.41) is 4.94. The Hall–Kier alpha value is -2.31. The second-order valence-electron chi connectivity index (χ2n) is 4.26. The molecule has 2 aromatic carbocycles. The molecule has 3 N–H and O–H groups in total. The van der Waals surface area contributed by atoms with Crippen molar-refractivity contribution in [1.82, 2.24) is 5.32 Å². The molecule has 0 aliphatic carbocycles. The van der Waals surface area contributed by atoms with Gasteiger partial charge in [-0.2, -0.15) is 0 Å². The third-order valence-corrected chi connectivity index (χ3v) is 2.91. The maximum absolute atomic E-state index is 11.0. The number of nitrogens with two attached hydrogens (primary N) is 1. The minimum Gasteiger partial charge on any atom is -0.344 e. The van der Waals surface area contributed by atoms with Crippen LogP contribution in [0.2, 0.25) is 0 Å². The molecule has 3 nitrogen and oxygen atoms in total. The summed E-state index contributed by atoms with van der Waals surface area (Å²) < 4.78 is 0. The highest BCUT2D eigenvalue weighted by atomic mass is 16.1. The molecular formula is C16H16N2O. The van der Waals surface area contributed by atoms with E-state index in [4.69, 9.17) is 5.73 Å². The van der Waals surface area contributed by atoms with Crippen LogP contribution in [0.5, 0.6) is 0 Å². The Bertz CT molecular complexity index is 665. The summed E-state index contributed by atoms with van der Waals surface area (Å²) in [7, 11) is 0. The molecule has 0 aromatic heterocycles. The predicted octanol–water partition coefficient (Wildman–Crippen LogP) is 1.57. The summed E-state index contributed by atoms with van der Waals surface area (Å²) in [5.41, 5.74) is 7.35. The number of carbonyl (C=O) groups excluding carboxylic acids is 1. The Morgan fingerprint density at radius 2 is 2.05 bits per heavy atom. The van der Waals surface area contributed by atoms with E-state index in [9.17, 15) is 4.79 Å². The second-order valence-corrected chi connectivity index (χ2v) is 4.26. The van der Waals surface area contributed by atoms with Crippen LogP contribution < -0.4 is 11.1 Å². The Labute approximate surface area is 112 Å². The van der Waals surface area contributed by atoms with Gasteiger partial charge in [-0.25, -0.2) is 0 Å². The quantitative estimate of drug-likeness (QED) is 0.797. The molecule has 0 unspecified atom stereocenters. The first-order valence-corrected chi connectivity index (χ1v) is 6.16. The highest BCUT2D eigenvalue weighted by molar-refractivity contribution is 5.89. The molecule has 2 aromatic rings. The highest BCUT2D eigenvalue weighted by Gasteiger charge is 2.01. The molecule has 1 amide bonds. The molecule has 96 valence electrons. The van der Waals surface area contributed by atoms with Crippen molar-refractivity contribution in [3.63, 3.8) is 0 Å². The molecule has 0 radical (unpaired) electrons. The van der Waals surface area contributed by atoms with Gasteiger partial charge in [0.1, 0.15) is 0 Å². The lowest BCUT2D eigenvalue weighted by Gasteiger charge is -2.04. The van der Waals surface area contributed by atoms with Gasteiger partial charge in [-0.05, 0) is 23.3 Å². The number of aryl methyl sites for hydroxylation is 1. The fourth-order valence-electron chi connectivity index (χ4n) is 1.89. The van der Waals surface area contributed by atoms with E-state index in [0.29, 0.717) is 6.54 Å². The fraction of sp³-hybridized carbons (Fsp3) is 0.188. The smallest absolute Gasteiger partial charge is 0.234 e. The van der Waals surface area contributed by atoms with Crippen LogP contribution >= 0.6 is 0 Å². The Balaban J connectivity index is 2.27. The lowest BCUT2D eigenvalue weighted by atomic mass is 10.0. The molecule has 0 spiro atoms. The van der Waals surface area contributed by atoms with Crippen LogP contribution in [0.4, 0.5) is 0 Å². The standard InChI is InChI=1S/C16H16N2O/c1-12-8-9-13-5-2-3-6-15(13)14(12)7-4-10-18-16(19)11-17/h2-3,5-6,8-9H,10-11,17H2,1H3,(H,18,19). The Kier molecular flexibility index (Phi) is 4.17. The van der Waals surface area contributed by atoms with Gasteiger partial charge < -0.3 is 11.1 Å². The van der Waals surface area contributed by atoms with Crippen molar-refractivity contribution in [2.24, 2.45) is 5.73 Å². The SMILES string of the molecule is Cc1ccc2ccccc2c1C#CCNC(=O)CN. The van der Waals surface area contributed by atoms with Crippen molar-refractivity contribution in [3.8, 4) is 11.8 Å². The van der Waals surface area contributed by atoms with Crippen LogP contribution in [0.3, 0.4) is 0 Å². The van der Waals surface area contributed by atoms with E-state index in [-0.39, 0.29) is 12.5 Å². The zero-order valence-electron chi connectivity index (χ0n) is 10.9. The van der Waals surface area contributed by atoms with Gasteiger partial charge >= 0.3 is 0 Å². The maximum atomic E-state index is 11.0. The summed E-state index contributed by atoms with van der Waals surface area (Å²) in [6.07, 6.45) is 0. The second kappa shape index (κ2) is 6.03. The van der Waals surface area contributed by atoms with Gasteiger partial charge in [0.25, 0.3) is 0 Å². The van der Waals surface area contributed by atoms with E-state index in [1.54, 1.807) is 0 Å². The van der Waals surface area contributed by atoms with E-state index in [0.717, 1.165) is 16.5 Å².